The van der Waals surface area contributed by atoms with E-state index in [0.717, 1.165) is 5.76 Å². The summed E-state index contributed by atoms with van der Waals surface area (Å²) in [5, 5.41) is 3.10. The smallest absolute Gasteiger partial charge is 0.254 e. The van der Waals surface area contributed by atoms with Crippen LogP contribution in [0.4, 0.5) is 5.69 Å². The number of aromatic nitrogens is 1. The molecule has 0 atom stereocenters. The minimum atomic E-state index is -0.580. The lowest BCUT2D eigenvalue weighted by atomic mass is 10.2. The Kier molecular flexibility index (Phi) is 4.39. The van der Waals surface area contributed by atoms with Crippen molar-refractivity contribution in [2.45, 2.75) is 0 Å². The van der Waals surface area contributed by atoms with Gasteiger partial charge in [-0.3, -0.25) is 4.79 Å². The van der Waals surface area contributed by atoms with Gasteiger partial charge in [0.15, 0.2) is 0 Å². The Morgan fingerprint density at radius 1 is 1.60 bits per heavy atom. The van der Waals surface area contributed by atoms with Gasteiger partial charge in [0.2, 0.25) is 5.88 Å². The molecule has 0 aliphatic heterocycles. The molecule has 0 bridgehead atoms. The Balaban J connectivity index is 1.99. The first-order chi connectivity index (χ1) is 9.70. The van der Waals surface area contributed by atoms with Gasteiger partial charge < -0.3 is 20.2 Å². The highest BCUT2D eigenvalue weighted by atomic mass is 16.5. The van der Waals surface area contributed by atoms with E-state index in [0.29, 0.717) is 12.2 Å². The maximum atomic E-state index is 11.3. The third kappa shape index (κ3) is 3.38. The van der Waals surface area contributed by atoms with Crippen LogP contribution in [0.5, 0.6) is 5.88 Å². The molecule has 6 nitrogen and oxygen atoms in total. The zero-order valence-electron chi connectivity index (χ0n) is 11.0. The van der Waals surface area contributed by atoms with Crippen molar-refractivity contribution in [3.05, 3.63) is 48.1 Å². The number of hydrogen-bond donors (Lipinski definition) is 2. The molecular weight excluding hydrogens is 258 g/mol. The molecule has 20 heavy (non-hydrogen) atoms. The van der Waals surface area contributed by atoms with Crippen molar-refractivity contribution >= 4 is 17.7 Å². The average Bonchev–Trinajstić information content (AvgIpc) is 2.96. The molecule has 0 aromatic carbocycles. The first kappa shape index (κ1) is 13.7. The Bertz CT molecular complexity index is 606. The number of hydrogen-bond acceptors (Lipinski definition) is 5. The van der Waals surface area contributed by atoms with Gasteiger partial charge in [-0.1, -0.05) is 6.08 Å². The number of primary amides is 1. The number of methoxy groups -OCH3 is 1. The van der Waals surface area contributed by atoms with Gasteiger partial charge in [-0.15, -0.1) is 0 Å². The van der Waals surface area contributed by atoms with Gasteiger partial charge in [-0.25, -0.2) is 4.98 Å². The minimum absolute atomic E-state index is 0.217. The lowest BCUT2D eigenvalue weighted by Crippen LogP contribution is -2.14. The summed E-state index contributed by atoms with van der Waals surface area (Å²) >= 11 is 0. The summed E-state index contributed by atoms with van der Waals surface area (Å²) in [5.74, 6) is 0.413. The van der Waals surface area contributed by atoms with E-state index in [1.54, 1.807) is 18.5 Å². The molecule has 1 amide bonds. The Labute approximate surface area is 116 Å². The molecule has 0 unspecified atom stereocenters. The molecule has 0 aliphatic rings. The minimum Gasteiger partial charge on any atom is -0.480 e. The fourth-order valence-electron chi connectivity index (χ4n) is 1.63. The van der Waals surface area contributed by atoms with Crippen molar-refractivity contribution in [2.24, 2.45) is 5.73 Å². The van der Waals surface area contributed by atoms with E-state index < -0.39 is 5.91 Å². The van der Waals surface area contributed by atoms with Crippen LogP contribution in [-0.4, -0.2) is 24.5 Å². The van der Waals surface area contributed by atoms with Crippen LogP contribution in [0.2, 0.25) is 0 Å². The predicted octanol–water partition coefficient (Wildman–Crippen LogP) is 1.91. The Morgan fingerprint density at radius 3 is 3.10 bits per heavy atom. The van der Waals surface area contributed by atoms with Gasteiger partial charge in [0, 0.05) is 6.54 Å². The van der Waals surface area contributed by atoms with E-state index in [-0.39, 0.29) is 11.4 Å². The number of carbonyl (C=O) groups is 1. The third-order valence-corrected chi connectivity index (χ3v) is 2.56. The quantitative estimate of drug-likeness (QED) is 0.839. The van der Waals surface area contributed by atoms with Gasteiger partial charge in [-0.2, -0.15) is 0 Å². The highest BCUT2D eigenvalue weighted by Crippen LogP contribution is 2.18. The summed E-state index contributed by atoms with van der Waals surface area (Å²) in [6.45, 7) is 0.562. The maximum Gasteiger partial charge on any atom is 0.254 e. The number of amides is 1. The van der Waals surface area contributed by atoms with Crippen molar-refractivity contribution in [1.29, 1.82) is 0 Å². The molecule has 2 aromatic heterocycles. The number of ether oxygens (including phenoxy) is 1. The van der Waals surface area contributed by atoms with Crippen LogP contribution in [-0.2, 0) is 0 Å². The fourth-order valence-corrected chi connectivity index (χ4v) is 1.63. The molecular formula is C14H15N3O3. The molecule has 0 fully saturated rings. The number of carbonyl (C=O) groups excluding carboxylic acids is 1. The molecule has 6 heteroatoms. The molecule has 3 N–H and O–H groups in total. The van der Waals surface area contributed by atoms with Gasteiger partial charge in [0.1, 0.15) is 11.3 Å². The van der Waals surface area contributed by atoms with Crippen molar-refractivity contribution in [1.82, 2.24) is 4.98 Å². The normalized spacial score (nSPS) is 10.7. The van der Waals surface area contributed by atoms with Crippen LogP contribution < -0.4 is 15.8 Å². The topological polar surface area (TPSA) is 90.4 Å². The largest absolute Gasteiger partial charge is 0.480 e. The Hall–Kier alpha value is -2.76. The van der Waals surface area contributed by atoms with Gasteiger partial charge >= 0.3 is 0 Å². The van der Waals surface area contributed by atoms with Gasteiger partial charge in [0.25, 0.3) is 5.91 Å². The molecule has 0 saturated heterocycles. The first-order valence-electron chi connectivity index (χ1n) is 5.98. The van der Waals surface area contributed by atoms with E-state index in [1.165, 1.54) is 7.11 Å². The van der Waals surface area contributed by atoms with Crippen LogP contribution in [0, 0.1) is 0 Å². The molecule has 0 saturated carbocycles. The predicted molar refractivity (Wildman–Crippen MR) is 75.5 cm³/mol. The number of furan rings is 1. The maximum absolute atomic E-state index is 11.3. The second kappa shape index (κ2) is 6.42. The first-order valence-corrected chi connectivity index (χ1v) is 5.98. The molecule has 104 valence electrons. The van der Waals surface area contributed by atoms with Crippen LogP contribution in [0.15, 0.2) is 41.2 Å². The SMILES string of the molecule is COc1ncc(NC/C=C/c2ccco2)cc1C(N)=O. The van der Waals surface area contributed by atoms with Crippen molar-refractivity contribution in [2.75, 3.05) is 19.0 Å². The third-order valence-electron chi connectivity index (χ3n) is 2.56. The van der Waals surface area contributed by atoms with E-state index >= 15 is 0 Å². The monoisotopic (exact) mass is 273 g/mol. The lowest BCUT2D eigenvalue weighted by Gasteiger charge is -2.07. The molecule has 0 spiro atoms. The van der Waals surface area contributed by atoms with E-state index in [9.17, 15) is 4.79 Å². The Morgan fingerprint density at radius 2 is 2.45 bits per heavy atom. The van der Waals surface area contributed by atoms with Gasteiger partial charge in [-0.05, 0) is 24.3 Å². The second-order valence-electron chi connectivity index (χ2n) is 3.94. The zero-order valence-corrected chi connectivity index (χ0v) is 11.0. The molecule has 2 rings (SSSR count). The van der Waals surface area contributed by atoms with Crippen LogP contribution in [0.25, 0.3) is 6.08 Å². The average molecular weight is 273 g/mol. The fraction of sp³-hybridized carbons (Fsp3) is 0.143. The second-order valence-corrected chi connectivity index (χ2v) is 3.94. The lowest BCUT2D eigenvalue weighted by molar-refractivity contribution is 0.0996. The molecule has 0 aliphatic carbocycles. The number of nitrogens with zero attached hydrogens (tertiary/aromatic N) is 1. The van der Waals surface area contributed by atoms with Crippen molar-refractivity contribution < 1.29 is 13.9 Å². The van der Waals surface area contributed by atoms with Crippen LogP contribution in [0.1, 0.15) is 16.1 Å². The van der Waals surface area contributed by atoms with E-state index in [4.69, 9.17) is 14.9 Å². The summed E-state index contributed by atoms with van der Waals surface area (Å²) in [5.41, 5.74) is 6.19. The number of anilines is 1. The molecule has 0 radical (unpaired) electrons. The highest BCUT2D eigenvalue weighted by Gasteiger charge is 2.10. The summed E-state index contributed by atoms with van der Waals surface area (Å²) in [6, 6.07) is 5.28. The van der Waals surface area contributed by atoms with Crippen molar-refractivity contribution in [3.8, 4) is 5.88 Å². The number of rotatable bonds is 6. The van der Waals surface area contributed by atoms with Crippen LogP contribution >= 0.6 is 0 Å². The number of pyridine rings is 1. The summed E-state index contributed by atoms with van der Waals surface area (Å²) < 4.78 is 10.1. The summed E-state index contributed by atoms with van der Waals surface area (Å²) in [6.07, 6.45) is 6.93. The van der Waals surface area contributed by atoms with Crippen molar-refractivity contribution in [3.63, 3.8) is 0 Å². The van der Waals surface area contributed by atoms with E-state index in [1.807, 2.05) is 24.3 Å². The molecule has 2 heterocycles. The number of nitrogens with two attached hydrogens (primary N) is 1. The van der Waals surface area contributed by atoms with Gasteiger partial charge in [0.05, 0.1) is 25.3 Å². The molecule has 2 aromatic rings. The van der Waals surface area contributed by atoms with Crippen LogP contribution in [0.3, 0.4) is 0 Å². The summed E-state index contributed by atoms with van der Waals surface area (Å²) in [7, 11) is 1.44. The number of nitrogens with one attached hydrogen (secondary N) is 1. The standard InChI is InChI=1S/C14H15N3O3/c1-19-14-12(13(15)18)8-10(9-17-14)16-6-2-4-11-5-3-7-20-11/h2-5,7-9,16H,6H2,1H3,(H2,15,18)/b4-2+. The zero-order chi connectivity index (χ0) is 14.4. The van der Waals surface area contributed by atoms with E-state index in [2.05, 4.69) is 10.3 Å². The summed E-state index contributed by atoms with van der Waals surface area (Å²) in [4.78, 5) is 15.3. The highest BCUT2D eigenvalue weighted by molar-refractivity contribution is 5.95.